The molecule has 5 nitrogen and oxygen atoms in total. The van der Waals surface area contributed by atoms with Crippen molar-refractivity contribution >= 4 is 29.5 Å². The number of ether oxygens (including phenoxy) is 1. The third-order valence-corrected chi connectivity index (χ3v) is 4.17. The van der Waals surface area contributed by atoms with Gasteiger partial charge < -0.3 is 15.8 Å². The van der Waals surface area contributed by atoms with Gasteiger partial charge in [-0.2, -0.15) is 0 Å². The summed E-state index contributed by atoms with van der Waals surface area (Å²) >= 11 is 12.0. The second-order valence-electron chi connectivity index (χ2n) is 5.46. The number of aldehydes is 1. The molecule has 0 saturated heterocycles. The lowest BCUT2D eigenvalue weighted by atomic mass is 10.0. The van der Waals surface area contributed by atoms with Crippen LogP contribution in [0.15, 0.2) is 35.7 Å². The van der Waals surface area contributed by atoms with Gasteiger partial charge in [-0.15, -0.1) is 11.6 Å². The monoisotopic (exact) mass is 407 g/mol. The third-order valence-electron chi connectivity index (χ3n) is 3.61. The molecule has 9 heteroatoms. The van der Waals surface area contributed by atoms with Crippen molar-refractivity contribution in [2.45, 2.75) is 32.4 Å². The fourth-order valence-electron chi connectivity index (χ4n) is 2.27. The lowest BCUT2D eigenvalue weighted by Crippen LogP contribution is -2.32. The molecule has 0 spiro atoms. The Morgan fingerprint density at radius 1 is 1.46 bits per heavy atom. The number of allylic oxidation sites excluding steroid dienone is 2. The first-order chi connectivity index (χ1) is 12.3. The first kappa shape index (κ1) is 22.3. The van der Waals surface area contributed by atoms with Crippen molar-refractivity contribution in [3.63, 3.8) is 0 Å². The van der Waals surface area contributed by atoms with Crippen LogP contribution >= 0.6 is 23.2 Å². The predicted octanol–water partition coefficient (Wildman–Crippen LogP) is 3.62. The number of carbonyl (C=O) groups is 1. The first-order valence-corrected chi connectivity index (χ1v) is 8.70. The SMILES string of the molecule is CC(NC(C)c1cnc(OCC(F)F)c(Cl)c1)/C(CCl)=C(C=O)/C=C\N. The molecular weight excluding hydrogens is 387 g/mol. The molecular formula is C17H21Cl2F2N3O2. The van der Waals surface area contributed by atoms with Crippen molar-refractivity contribution in [2.75, 3.05) is 12.5 Å². The average Bonchev–Trinajstić information content (AvgIpc) is 2.60. The van der Waals surface area contributed by atoms with E-state index in [0.29, 0.717) is 17.4 Å². The molecule has 0 aliphatic heterocycles. The van der Waals surface area contributed by atoms with Crippen LogP contribution in [0.5, 0.6) is 5.88 Å². The van der Waals surface area contributed by atoms with E-state index < -0.39 is 13.0 Å². The van der Waals surface area contributed by atoms with Crippen molar-refractivity contribution in [1.82, 2.24) is 10.3 Å². The highest BCUT2D eigenvalue weighted by atomic mass is 35.5. The van der Waals surface area contributed by atoms with Gasteiger partial charge in [0.25, 0.3) is 6.43 Å². The van der Waals surface area contributed by atoms with Crippen LogP contribution in [0.3, 0.4) is 0 Å². The fourth-order valence-corrected chi connectivity index (χ4v) is 2.88. The third kappa shape index (κ3) is 6.55. The number of alkyl halides is 3. The van der Waals surface area contributed by atoms with E-state index in [1.165, 1.54) is 18.5 Å². The Labute approximate surface area is 161 Å². The quantitative estimate of drug-likeness (QED) is 0.268. The second kappa shape index (κ2) is 11.1. The molecule has 0 saturated carbocycles. The van der Waals surface area contributed by atoms with E-state index in [1.807, 2.05) is 13.8 Å². The zero-order valence-corrected chi connectivity index (χ0v) is 15.9. The van der Waals surface area contributed by atoms with Gasteiger partial charge in [0, 0.05) is 29.7 Å². The Hall–Kier alpha value is -1.70. The smallest absolute Gasteiger partial charge is 0.272 e. The van der Waals surface area contributed by atoms with E-state index in [1.54, 1.807) is 6.07 Å². The largest absolute Gasteiger partial charge is 0.471 e. The molecule has 1 heterocycles. The maximum Gasteiger partial charge on any atom is 0.272 e. The van der Waals surface area contributed by atoms with Gasteiger partial charge >= 0.3 is 0 Å². The minimum Gasteiger partial charge on any atom is -0.471 e. The molecule has 0 bridgehead atoms. The van der Waals surface area contributed by atoms with Crippen LogP contribution in [0, 0.1) is 0 Å². The number of halogens is 4. The Balaban J connectivity index is 2.91. The Bertz CT molecular complexity index is 669. The summed E-state index contributed by atoms with van der Waals surface area (Å²) in [6, 6.07) is 1.16. The van der Waals surface area contributed by atoms with E-state index in [4.69, 9.17) is 33.7 Å². The van der Waals surface area contributed by atoms with Crippen molar-refractivity contribution in [3.05, 3.63) is 46.3 Å². The number of nitrogens with zero attached hydrogens (tertiary/aromatic N) is 1. The number of carbonyl (C=O) groups excluding carboxylic acids is 1. The minimum atomic E-state index is -2.61. The maximum atomic E-state index is 12.2. The highest BCUT2D eigenvalue weighted by molar-refractivity contribution is 6.31. The van der Waals surface area contributed by atoms with Gasteiger partial charge in [0.15, 0.2) is 6.61 Å². The summed E-state index contributed by atoms with van der Waals surface area (Å²) in [7, 11) is 0. The molecule has 0 aromatic carbocycles. The Morgan fingerprint density at radius 3 is 2.65 bits per heavy atom. The standard InChI is InChI=1S/C17H21Cl2F2N3O2/c1-10(24-11(2)14(6-18)12(8-25)3-4-22)13-5-15(19)17(23-7-13)26-9-16(20)21/h3-5,7-8,10-11,16,24H,6,9,22H2,1-2H3/b4-3-,14-12-. The van der Waals surface area contributed by atoms with Crippen LogP contribution in [0.1, 0.15) is 25.5 Å². The molecule has 2 unspecified atom stereocenters. The second-order valence-corrected chi connectivity index (χ2v) is 6.13. The van der Waals surface area contributed by atoms with E-state index >= 15 is 0 Å². The highest BCUT2D eigenvalue weighted by Gasteiger charge is 2.17. The predicted molar refractivity (Wildman–Crippen MR) is 98.9 cm³/mol. The van der Waals surface area contributed by atoms with E-state index in [0.717, 1.165) is 5.56 Å². The van der Waals surface area contributed by atoms with Crippen LogP contribution in [-0.2, 0) is 4.79 Å². The van der Waals surface area contributed by atoms with Gasteiger partial charge in [0.2, 0.25) is 5.88 Å². The van der Waals surface area contributed by atoms with Gasteiger partial charge in [-0.05, 0) is 43.3 Å². The molecule has 26 heavy (non-hydrogen) atoms. The van der Waals surface area contributed by atoms with Crippen LogP contribution in [0.25, 0.3) is 0 Å². The molecule has 0 radical (unpaired) electrons. The number of nitrogens with two attached hydrogens (primary N) is 1. The molecule has 1 aromatic heterocycles. The van der Waals surface area contributed by atoms with E-state index in [9.17, 15) is 13.6 Å². The summed E-state index contributed by atoms with van der Waals surface area (Å²) in [5.74, 6) is 0.104. The molecule has 2 atom stereocenters. The van der Waals surface area contributed by atoms with Crippen LogP contribution < -0.4 is 15.8 Å². The normalized spacial score (nSPS) is 15.0. The number of aromatic nitrogens is 1. The summed E-state index contributed by atoms with van der Waals surface area (Å²) in [6.45, 7) is 2.95. The van der Waals surface area contributed by atoms with Crippen LogP contribution in [-0.4, -0.2) is 36.2 Å². The molecule has 0 aliphatic rings. The van der Waals surface area contributed by atoms with Crippen molar-refractivity contribution in [2.24, 2.45) is 5.73 Å². The summed E-state index contributed by atoms with van der Waals surface area (Å²) < 4.78 is 29.3. The van der Waals surface area contributed by atoms with Crippen LogP contribution in [0.4, 0.5) is 8.78 Å². The maximum absolute atomic E-state index is 12.2. The van der Waals surface area contributed by atoms with Crippen molar-refractivity contribution in [3.8, 4) is 5.88 Å². The van der Waals surface area contributed by atoms with Crippen molar-refractivity contribution < 1.29 is 18.3 Å². The molecule has 3 N–H and O–H groups in total. The van der Waals surface area contributed by atoms with Gasteiger partial charge in [-0.3, -0.25) is 4.79 Å². The lowest BCUT2D eigenvalue weighted by molar-refractivity contribution is -0.104. The summed E-state index contributed by atoms with van der Waals surface area (Å²) in [6.07, 6.45) is 2.33. The number of rotatable bonds is 10. The Kier molecular flexibility index (Phi) is 9.54. The average molecular weight is 408 g/mol. The highest BCUT2D eigenvalue weighted by Crippen LogP contribution is 2.26. The number of hydrogen-bond donors (Lipinski definition) is 2. The Morgan fingerprint density at radius 2 is 2.15 bits per heavy atom. The fraction of sp³-hybridized carbons (Fsp3) is 0.412. The molecule has 0 amide bonds. The molecule has 0 fully saturated rings. The van der Waals surface area contributed by atoms with Gasteiger partial charge in [0.1, 0.15) is 11.3 Å². The first-order valence-electron chi connectivity index (χ1n) is 7.78. The summed E-state index contributed by atoms with van der Waals surface area (Å²) in [5.41, 5.74) is 7.16. The number of nitrogens with one attached hydrogen (secondary N) is 1. The number of hydrogen-bond acceptors (Lipinski definition) is 5. The zero-order valence-electron chi connectivity index (χ0n) is 14.4. The molecule has 144 valence electrons. The molecule has 0 aliphatic carbocycles. The van der Waals surface area contributed by atoms with Crippen LogP contribution in [0.2, 0.25) is 5.02 Å². The zero-order chi connectivity index (χ0) is 19.7. The molecule has 1 aromatic rings. The van der Waals surface area contributed by atoms with Crippen molar-refractivity contribution in [1.29, 1.82) is 0 Å². The minimum absolute atomic E-state index is 0.0476. The summed E-state index contributed by atoms with van der Waals surface area (Å²) in [4.78, 5) is 15.2. The lowest BCUT2D eigenvalue weighted by Gasteiger charge is -2.23. The topological polar surface area (TPSA) is 77.2 Å². The van der Waals surface area contributed by atoms with Gasteiger partial charge in [-0.1, -0.05) is 11.6 Å². The van der Waals surface area contributed by atoms with Gasteiger partial charge in [0.05, 0.1) is 0 Å². The molecule has 1 rings (SSSR count). The summed E-state index contributed by atoms with van der Waals surface area (Å²) in [5, 5.41) is 3.42. The number of pyridine rings is 1. The van der Waals surface area contributed by atoms with E-state index in [2.05, 4.69) is 10.3 Å². The van der Waals surface area contributed by atoms with Gasteiger partial charge in [-0.25, -0.2) is 13.8 Å². The van der Waals surface area contributed by atoms with E-state index in [-0.39, 0.29) is 28.9 Å².